The molecular weight excluding hydrogens is 254 g/mol. The van der Waals surface area contributed by atoms with Gasteiger partial charge >= 0.3 is 0 Å². The first-order chi connectivity index (χ1) is 7.95. The van der Waals surface area contributed by atoms with E-state index in [1.807, 2.05) is 26.8 Å². The fraction of sp³-hybridized carbons (Fsp3) is 0.667. The molecular formula is C12H22ClN3O2. The zero-order valence-corrected chi connectivity index (χ0v) is 12.2. The van der Waals surface area contributed by atoms with Crippen molar-refractivity contribution in [3.05, 3.63) is 17.5 Å². The summed E-state index contributed by atoms with van der Waals surface area (Å²) in [6.45, 7) is 6.26. The van der Waals surface area contributed by atoms with E-state index >= 15 is 0 Å². The summed E-state index contributed by atoms with van der Waals surface area (Å²) < 4.78 is 4.96. The number of aryl methyl sites for hydroxylation is 1. The maximum Gasteiger partial charge on any atom is 0.239 e. The minimum atomic E-state index is -0.446. The Morgan fingerprint density at radius 2 is 2.22 bits per heavy atom. The van der Waals surface area contributed by atoms with E-state index in [0.717, 1.165) is 17.9 Å². The molecule has 2 atom stereocenters. The van der Waals surface area contributed by atoms with Crippen LogP contribution in [0.2, 0.25) is 0 Å². The molecule has 0 aliphatic heterocycles. The zero-order valence-electron chi connectivity index (χ0n) is 11.3. The second-order valence-corrected chi connectivity index (χ2v) is 4.53. The van der Waals surface area contributed by atoms with Gasteiger partial charge in [-0.1, -0.05) is 25.4 Å². The Morgan fingerprint density at radius 3 is 2.67 bits per heavy atom. The maximum atomic E-state index is 12.0. The van der Waals surface area contributed by atoms with Gasteiger partial charge in [0.05, 0.1) is 12.6 Å². The average Bonchev–Trinajstić information content (AvgIpc) is 2.71. The van der Waals surface area contributed by atoms with E-state index in [0.29, 0.717) is 6.54 Å². The number of aromatic nitrogens is 1. The standard InChI is InChI=1S/C12H21N3O2.ClH/c1-5-8(2)11(13)12(16)15(4)7-10-6-9(3)17-14-10;/h6,8,11H,5,7,13H2,1-4H3;1H. The highest BCUT2D eigenvalue weighted by Gasteiger charge is 2.23. The van der Waals surface area contributed by atoms with Gasteiger partial charge in [0.15, 0.2) is 0 Å². The van der Waals surface area contributed by atoms with Gasteiger partial charge in [0.25, 0.3) is 0 Å². The van der Waals surface area contributed by atoms with Gasteiger partial charge in [-0.25, -0.2) is 0 Å². The lowest BCUT2D eigenvalue weighted by Gasteiger charge is -2.23. The van der Waals surface area contributed by atoms with Crippen molar-refractivity contribution >= 4 is 18.3 Å². The SMILES string of the molecule is CCC(C)C(N)C(=O)N(C)Cc1cc(C)on1.Cl. The molecule has 1 aromatic rings. The molecule has 1 amide bonds. The monoisotopic (exact) mass is 275 g/mol. The summed E-state index contributed by atoms with van der Waals surface area (Å²) in [7, 11) is 1.73. The molecule has 0 bridgehead atoms. The summed E-state index contributed by atoms with van der Waals surface area (Å²) in [5.74, 6) is 0.871. The summed E-state index contributed by atoms with van der Waals surface area (Å²) in [5.41, 5.74) is 6.64. The number of hydrogen-bond donors (Lipinski definition) is 1. The molecule has 104 valence electrons. The second-order valence-electron chi connectivity index (χ2n) is 4.53. The molecule has 0 fully saturated rings. The fourth-order valence-corrected chi connectivity index (χ4v) is 1.57. The number of rotatable bonds is 5. The van der Waals surface area contributed by atoms with E-state index in [2.05, 4.69) is 5.16 Å². The molecule has 1 rings (SSSR count). The molecule has 6 heteroatoms. The summed E-state index contributed by atoms with van der Waals surface area (Å²) >= 11 is 0. The summed E-state index contributed by atoms with van der Waals surface area (Å²) in [5, 5.41) is 3.85. The van der Waals surface area contributed by atoms with Crippen molar-refractivity contribution in [2.24, 2.45) is 11.7 Å². The van der Waals surface area contributed by atoms with Crippen molar-refractivity contribution in [2.45, 2.75) is 39.8 Å². The molecule has 0 aromatic carbocycles. The third kappa shape index (κ3) is 4.31. The van der Waals surface area contributed by atoms with Crippen LogP contribution in [-0.4, -0.2) is 29.1 Å². The lowest BCUT2D eigenvalue weighted by atomic mass is 9.99. The molecule has 1 heterocycles. The van der Waals surface area contributed by atoms with Crippen LogP contribution in [0.1, 0.15) is 31.7 Å². The molecule has 0 aliphatic carbocycles. The number of carbonyl (C=O) groups excluding carboxylic acids is 1. The average molecular weight is 276 g/mol. The second kappa shape index (κ2) is 7.38. The van der Waals surface area contributed by atoms with Crippen molar-refractivity contribution < 1.29 is 9.32 Å². The van der Waals surface area contributed by atoms with E-state index in [1.165, 1.54) is 0 Å². The van der Waals surface area contributed by atoms with E-state index in [-0.39, 0.29) is 24.2 Å². The molecule has 0 saturated carbocycles. The van der Waals surface area contributed by atoms with E-state index < -0.39 is 6.04 Å². The predicted molar refractivity (Wildman–Crippen MR) is 72.4 cm³/mol. The summed E-state index contributed by atoms with van der Waals surface area (Å²) in [6, 6.07) is 1.37. The Hall–Kier alpha value is -1.07. The largest absolute Gasteiger partial charge is 0.361 e. The maximum absolute atomic E-state index is 12.0. The van der Waals surface area contributed by atoms with Gasteiger partial charge in [-0.3, -0.25) is 4.79 Å². The predicted octanol–water partition coefficient (Wildman–Crippen LogP) is 1.74. The number of carbonyl (C=O) groups is 1. The molecule has 0 radical (unpaired) electrons. The molecule has 2 unspecified atom stereocenters. The van der Waals surface area contributed by atoms with Crippen molar-refractivity contribution in [2.75, 3.05) is 7.05 Å². The Labute approximate surface area is 114 Å². The number of likely N-dealkylation sites (N-methyl/N-ethyl adjacent to an activating group) is 1. The molecule has 2 N–H and O–H groups in total. The number of halogens is 1. The van der Waals surface area contributed by atoms with Crippen molar-refractivity contribution in [3.8, 4) is 0 Å². The van der Waals surface area contributed by atoms with Crippen LogP contribution in [0.5, 0.6) is 0 Å². The lowest BCUT2D eigenvalue weighted by molar-refractivity contribution is -0.133. The number of amides is 1. The van der Waals surface area contributed by atoms with Gasteiger partial charge in [-0.2, -0.15) is 0 Å². The van der Waals surface area contributed by atoms with Gasteiger partial charge in [0.2, 0.25) is 5.91 Å². The third-order valence-corrected chi connectivity index (χ3v) is 2.99. The Bertz CT molecular complexity index is 381. The Balaban J connectivity index is 0.00000289. The fourth-order valence-electron chi connectivity index (χ4n) is 1.57. The van der Waals surface area contributed by atoms with Crippen LogP contribution in [0.3, 0.4) is 0 Å². The molecule has 1 aromatic heterocycles. The van der Waals surface area contributed by atoms with Crippen molar-refractivity contribution in [1.29, 1.82) is 0 Å². The topological polar surface area (TPSA) is 72.4 Å². The van der Waals surface area contributed by atoms with Gasteiger partial charge in [0, 0.05) is 13.1 Å². The number of hydrogen-bond acceptors (Lipinski definition) is 4. The highest BCUT2D eigenvalue weighted by molar-refractivity contribution is 5.85. The summed E-state index contributed by atoms with van der Waals surface area (Å²) in [4.78, 5) is 13.6. The highest BCUT2D eigenvalue weighted by atomic mass is 35.5. The van der Waals surface area contributed by atoms with Crippen LogP contribution >= 0.6 is 12.4 Å². The van der Waals surface area contributed by atoms with Crippen molar-refractivity contribution in [1.82, 2.24) is 10.1 Å². The van der Waals surface area contributed by atoms with Crippen LogP contribution in [-0.2, 0) is 11.3 Å². The first-order valence-corrected chi connectivity index (χ1v) is 5.88. The van der Waals surface area contributed by atoms with Gasteiger partial charge < -0.3 is 15.2 Å². The zero-order chi connectivity index (χ0) is 13.0. The molecule has 0 saturated heterocycles. The van der Waals surface area contributed by atoms with Crippen LogP contribution in [0.25, 0.3) is 0 Å². The minimum absolute atomic E-state index is 0. The smallest absolute Gasteiger partial charge is 0.239 e. The Morgan fingerprint density at radius 1 is 1.61 bits per heavy atom. The molecule has 18 heavy (non-hydrogen) atoms. The van der Waals surface area contributed by atoms with E-state index in [1.54, 1.807) is 11.9 Å². The number of nitrogens with zero attached hydrogens (tertiary/aromatic N) is 2. The molecule has 5 nitrogen and oxygen atoms in total. The van der Waals surface area contributed by atoms with Gasteiger partial charge in [-0.15, -0.1) is 12.4 Å². The normalized spacial score (nSPS) is 13.6. The lowest BCUT2D eigenvalue weighted by Crippen LogP contribution is -2.45. The van der Waals surface area contributed by atoms with Gasteiger partial charge in [0.1, 0.15) is 11.5 Å². The quantitative estimate of drug-likeness (QED) is 0.888. The molecule has 0 aliphatic rings. The highest BCUT2D eigenvalue weighted by Crippen LogP contribution is 2.10. The third-order valence-electron chi connectivity index (χ3n) is 2.99. The van der Waals surface area contributed by atoms with Crippen LogP contribution in [0.4, 0.5) is 0 Å². The summed E-state index contributed by atoms with van der Waals surface area (Å²) in [6.07, 6.45) is 0.893. The Kier molecular flexibility index (Phi) is 6.94. The van der Waals surface area contributed by atoms with E-state index in [4.69, 9.17) is 10.3 Å². The minimum Gasteiger partial charge on any atom is -0.361 e. The van der Waals surface area contributed by atoms with Crippen LogP contribution in [0, 0.1) is 12.8 Å². The molecule has 0 spiro atoms. The van der Waals surface area contributed by atoms with Crippen molar-refractivity contribution in [3.63, 3.8) is 0 Å². The van der Waals surface area contributed by atoms with Crippen LogP contribution in [0.15, 0.2) is 10.6 Å². The number of nitrogens with two attached hydrogens (primary N) is 1. The van der Waals surface area contributed by atoms with E-state index in [9.17, 15) is 4.79 Å². The van der Waals surface area contributed by atoms with Gasteiger partial charge in [-0.05, 0) is 12.8 Å². The van der Waals surface area contributed by atoms with Crippen LogP contribution < -0.4 is 5.73 Å². The first-order valence-electron chi connectivity index (χ1n) is 5.88. The first kappa shape index (κ1) is 16.9.